The summed E-state index contributed by atoms with van der Waals surface area (Å²) in [6.45, 7) is 12.6. The van der Waals surface area contributed by atoms with Gasteiger partial charge in [0.05, 0.1) is 0 Å². The number of allylic oxidation sites excluding steroid dienone is 2. The van der Waals surface area contributed by atoms with Gasteiger partial charge in [0, 0.05) is 19.3 Å². The zero-order chi connectivity index (χ0) is 9.56. The average molecular weight is 165 g/mol. The standard InChI is InChI=1S/C9H13N.C2H6/c1-4-8-6-7-10(3)9(8)5-2;1-2/h4-5H,1-2,6-7H2,3H3;1-2H3. The molecule has 0 N–H and O–H groups in total. The van der Waals surface area contributed by atoms with Gasteiger partial charge >= 0.3 is 0 Å². The molecule has 1 heterocycles. The SMILES string of the molecule is C=CC1=C(C=C)N(C)CC1.CC. The van der Waals surface area contributed by atoms with Crippen LogP contribution in [0.15, 0.2) is 36.6 Å². The van der Waals surface area contributed by atoms with Crippen LogP contribution < -0.4 is 0 Å². The summed E-state index contributed by atoms with van der Waals surface area (Å²) in [6.07, 6.45) is 4.92. The van der Waals surface area contributed by atoms with Gasteiger partial charge in [0.15, 0.2) is 0 Å². The molecule has 0 saturated heterocycles. The van der Waals surface area contributed by atoms with E-state index >= 15 is 0 Å². The van der Waals surface area contributed by atoms with Gasteiger partial charge in [-0.2, -0.15) is 0 Å². The molecule has 1 heteroatoms. The van der Waals surface area contributed by atoms with Crippen LogP contribution in [0.3, 0.4) is 0 Å². The predicted molar refractivity (Wildman–Crippen MR) is 56.0 cm³/mol. The van der Waals surface area contributed by atoms with E-state index in [9.17, 15) is 0 Å². The van der Waals surface area contributed by atoms with Crippen molar-refractivity contribution in [1.82, 2.24) is 4.90 Å². The van der Waals surface area contributed by atoms with Crippen LogP contribution in [0.1, 0.15) is 20.3 Å². The molecule has 0 radical (unpaired) electrons. The van der Waals surface area contributed by atoms with Crippen molar-refractivity contribution in [2.75, 3.05) is 13.6 Å². The number of rotatable bonds is 2. The quantitative estimate of drug-likeness (QED) is 0.608. The highest BCUT2D eigenvalue weighted by Crippen LogP contribution is 2.21. The molecule has 1 nitrogen and oxygen atoms in total. The van der Waals surface area contributed by atoms with Gasteiger partial charge in [0.1, 0.15) is 0 Å². The fraction of sp³-hybridized carbons (Fsp3) is 0.455. The Morgan fingerprint density at radius 1 is 1.25 bits per heavy atom. The minimum absolute atomic E-state index is 1.10. The molecular formula is C11H19N. The highest BCUT2D eigenvalue weighted by Gasteiger charge is 2.13. The van der Waals surface area contributed by atoms with E-state index in [1.807, 2.05) is 26.0 Å². The Morgan fingerprint density at radius 3 is 2.17 bits per heavy atom. The predicted octanol–water partition coefficient (Wildman–Crippen LogP) is 2.97. The zero-order valence-corrected chi connectivity index (χ0v) is 8.43. The van der Waals surface area contributed by atoms with Crippen molar-refractivity contribution in [2.45, 2.75) is 20.3 Å². The summed E-state index contributed by atoms with van der Waals surface area (Å²) in [4.78, 5) is 2.20. The molecule has 0 atom stereocenters. The highest BCUT2D eigenvalue weighted by molar-refractivity contribution is 5.33. The summed E-state index contributed by atoms with van der Waals surface area (Å²) < 4.78 is 0. The van der Waals surface area contributed by atoms with Crippen LogP contribution >= 0.6 is 0 Å². The van der Waals surface area contributed by atoms with E-state index < -0.39 is 0 Å². The minimum Gasteiger partial charge on any atom is -0.374 e. The number of likely N-dealkylation sites (N-methyl/N-ethyl adjacent to an activating group) is 1. The zero-order valence-electron chi connectivity index (χ0n) is 8.43. The minimum atomic E-state index is 1.10. The first-order valence-electron chi connectivity index (χ1n) is 4.48. The van der Waals surface area contributed by atoms with E-state index in [0.717, 1.165) is 13.0 Å². The lowest BCUT2D eigenvalue weighted by atomic mass is 10.2. The first kappa shape index (κ1) is 11.0. The molecule has 0 unspecified atom stereocenters. The Balaban J connectivity index is 0.000000561. The molecule has 0 bridgehead atoms. The Morgan fingerprint density at radius 2 is 1.83 bits per heavy atom. The summed E-state index contributed by atoms with van der Waals surface area (Å²) >= 11 is 0. The molecule has 1 aliphatic rings. The fourth-order valence-electron chi connectivity index (χ4n) is 1.28. The summed E-state index contributed by atoms with van der Waals surface area (Å²) in [5.74, 6) is 0. The fourth-order valence-corrected chi connectivity index (χ4v) is 1.28. The van der Waals surface area contributed by atoms with Gasteiger partial charge in [0.25, 0.3) is 0 Å². The van der Waals surface area contributed by atoms with Gasteiger partial charge in [-0.05, 0) is 18.1 Å². The van der Waals surface area contributed by atoms with Crippen molar-refractivity contribution in [1.29, 1.82) is 0 Å². The molecule has 0 aromatic heterocycles. The van der Waals surface area contributed by atoms with Crippen molar-refractivity contribution in [3.63, 3.8) is 0 Å². The normalized spacial score (nSPS) is 15.4. The van der Waals surface area contributed by atoms with Crippen LogP contribution in [0, 0.1) is 0 Å². The van der Waals surface area contributed by atoms with Gasteiger partial charge in [0.2, 0.25) is 0 Å². The second-order valence-corrected chi connectivity index (χ2v) is 2.49. The third kappa shape index (κ3) is 2.26. The second kappa shape index (κ2) is 5.64. The van der Waals surface area contributed by atoms with E-state index in [2.05, 4.69) is 25.1 Å². The summed E-state index contributed by atoms with van der Waals surface area (Å²) in [5.41, 5.74) is 2.55. The van der Waals surface area contributed by atoms with E-state index in [1.54, 1.807) is 0 Å². The van der Waals surface area contributed by atoms with Crippen LogP contribution in [0.2, 0.25) is 0 Å². The third-order valence-electron chi connectivity index (χ3n) is 1.90. The van der Waals surface area contributed by atoms with Gasteiger partial charge in [-0.1, -0.05) is 33.1 Å². The van der Waals surface area contributed by atoms with Crippen molar-refractivity contribution in [3.8, 4) is 0 Å². The summed E-state index contributed by atoms with van der Waals surface area (Å²) in [6, 6.07) is 0. The second-order valence-electron chi connectivity index (χ2n) is 2.49. The molecule has 1 aliphatic heterocycles. The van der Waals surface area contributed by atoms with Crippen molar-refractivity contribution < 1.29 is 0 Å². The molecule has 68 valence electrons. The van der Waals surface area contributed by atoms with E-state index in [0.29, 0.717) is 0 Å². The monoisotopic (exact) mass is 165 g/mol. The van der Waals surface area contributed by atoms with Crippen molar-refractivity contribution in [3.05, 3.63) is 36.6 Å². The van der Waals surface area contributed by atoms with Crippen LogP contribution in [0.4, 0.5) is 0 Å². The molecule has 1 rings (SSSR count). The van der Waals surface area contributed by atoms with E-state index in [4.69, 9.17) is 0 Å². The first-order chi connectivity index (χ1) is 5.79. The number of hydrogen-bond acceptors (Lipinski definition) is 1. The Bertz CT molecular complexity index is 189. The Kier molecular flexibility index (Phi) is 5.18. The molecule has 0 spiro atoms. The molecule has 0 fully saturated rings. The topological polar surface area (TPSA) is 3.24 Å². The highest BCUT2D eigenvalue weighted by atomic mass is 15.1. The number of hydrogen-bond donors (Lipinski definition) is 0. The lowest BCUT2D eigenvalue weighted by Crippen LogP contribution is -2.10. The largest absolute Gasteiger partial charge is 0.374 e. The van der Waals surface area contributed by atoms with Crippen molar-refractivity contribution in [2.24, 2.45) is 0 Å². The van der Waals surface area contributed by atoms with Crippen LogP contribution in [0.25, 0.3) is 0 Å². The lowest BCUT2D eigenvalue weighted by Gasteiger charge is -2.11. The van der Waals surface area contributed by atoms with Gasteiger partial charge in [-0.25, -0.2) is 0 Å². The lowest BCUT2D eigenvalue weighted by molar-refractivity contribution is 0.472. The summed E-state index contributed by atoms with van der Waals surface area (Å²) in [7, 11) is 2.08. The van der Waals surface area contributed by atoms with Gasteiger partial charge < -0.3 is 4.90 Å². The maximum absolute atomic E-state index is 3.74. The Labute approximate surface area is 76.1 Å². The average Bonchev–Trinajstić information content (AvgIpc) is 2.49. The summed E-state index contributed by atoms with van der Waals surface area (Å²) in [5, 5.41) is 0. The maximum Gasteiger partial charge on any atom is 0.0390 e. The molecule has 0 amide bonds. The Hall–Kier alpha value is -0.980. The molecule has 0 aliphatic carbocycles. The number of nitrogens with zero attached hydrogens (tertiary/aromatic N) is 1. The van der Waals surface area contributed by atoms with E-state index in [-0.39, 0.29) is 0 Å². The molecule has 0 aromatic carbocycles. The van der Waals surface area contributed by atoms with Gasteiger partial charge in [-0.3, -0.25) is 0 Å². The molecule has 12 heavy (non-hydrogen) atoms. The first-order valence-corrected chi connectivity index (χ1v) is 4.48. The smallest absolute Gasteiger partial charge is 0.0390 e. The maximum atomic E-state index is 3.74. The van der Waals surface area contributed by atoms with Crippen molar-refractivity contribution >= 4 is 0 Å². The van der Waals surface area contributed by atoms with E-state index in [1.165, 1.54) is 11.3 Å². The van der Waals surface area contributed by atoms with Crippen LogP contribution in [-0.4, -0.2) is 18.5 Å². The molecule has 0 saturated carbocycles. The molecular weight excluding hydrogens is 146 g/mol. The third-order valence-corrected chi connectivity index (χ3v) is 1.90. The van der Waals surface area contributed by atoms with Crippen LogP contribution in [0.5, 0.6) is 0 Å². The van der Waals surface area contributed by atoms with Crippen LogP contribution in [-0.2, 0) is 0 Å². The van der Waals surface area contributed by atoms with Gasteiger partial charge in [-0.15, -0.1) is 0 Å². The molecule has 0 aromatic rings.